The predicted octanol–water partition coefficient (Wildman–Crippen LogP) is 2.38. The Labute approximate surface area is 94.7 Å². The molecule has 4 heteroatoms. The molecule has 0 aliphatic heterocycles. The van der Waals surface area contributed by atoms with E-state index in [0.29, 0.717) is 10.6 Å². The average Bonchev–Trinajstić information content (AvgIpc) is 2.10. The summed E-state index contributed by atoms with van der Waals surface area (Å²) in [5.41, 5.74) is 6.93. The van der Waals surface area contributed by atoms with E-state index >= 15 is 0 Å². The van der Waals surface area contributed by atoms with E-state index in [1.807, 2.05) is 13.8 Å². The number of rotatable bonds is 3. The quantitative estimate of drug-likeness (QED) is 0.546. The number of carbonyl (C=O) groups is 1. The van der Waals surface area contributed by atoms with Gasteiger partial charge >= 0.3 is 5.97 Å². The number of nitrogen functional groups attached to an aromatic ring is 1. The first-order chi connectivity index (χ1) is 6.93. The molecule has 3 N–H and O–H groups in total. The molecule has 3 nitrogen and oxygen atoms in total. The van der Waals surface area contributed by atoms with Crippen LogP contribution in [0.15, 0.2) is 23.1 Å². The van der Waals surface area contributed by atoms with Crippen molar-refractivity contribution < 1.29 is 9.90 Å². The first-order valence-electron chi connectivity index (χ1n) is 4.74. The van der Waals surface area contributed by atoms with Crippen molar-refractivity contribution in [2.45, 2.75) is 24.7 Å². The lowest BCUT2D eigenvalue weighted by Gasteiger charge is -2.17. The summed E-state index contributed by atoms with van der Waals surface area (Å²) in [6.45, 7) is 3.76. The van der Waals surface area contributed by atoms with Gasteiger partial charge in [0.15, 0.2) is 0 Å². The molecule has 1 aromatic rings. The molecule has 0 amide bonds. The fourth-order valence-electron chi connectivity index (χ4n) is 1.57. The minimum Gasteiger partial charge on any atom is -0.481 e. The van der Waals surface area contributed by atoms with Crippen LogP contribution < -0.4 is 5.73 Å². The van der Waals surface area contributed by atoms with E-state index in [2.05, 4.69) is 12.6 Å². The molecule has 1 unspecified atom stereocenters. The van der Waals surface area contributed by atoms with E-state index < -0.39 is 11.9 Å². The molecule has 1 atom stereocenters. The van der Waals surface area contributed by atoms with E-state index in [1.54, 1.807) is 18.2 Å². The maximum absolute atomic E-state index is 11.1. The van der Waals surface area contributed by atoms with Gasteiger partial charge in [-0.2, -0.15) is 0 Å². The van der Waals surface area contributed by atoms with Crippen LogP contribution in [0.3, 0.4) is 0 Å². The Morgan fingerprint density at radius 3 is 2.47 bits per heavy atom. The molecule has 0 saturated heterocycles. The zero-order valence-corrected chi connectivity index (χ0v) is 9.66. The molecule has 1 aromatic carbocycles. The number of hydrogen-bond acceptors (Lipinski definition) is 3. The molecule has 0 aliphatic rings. The summed E-state index contributed by atoms with van der Waals surface area (Å²) >= 11 is 4.18. The van der Waals surface area contributed by atoms with Crippen molar-refractivity contribution in [2.75, 3.05) is 5.73 Å². The van der Waals surface area contributed by atoms with E-state index in [4.69, 9.17) is 10.8 Å². The van der Waals surface area contributed by atoms with Gasteiger partial charge in [0.2, 0.25) is 0 Å². The number of thiol groups is 1. The van der Waals surface area contributed by atoms with Crippen LogP contribution in [-0.2, 0) is 4.79 Å². The zero-order valence-electron chi connectivity index (χ0n) is 8.77. The average molecular weight is 225 g/mol. The summed E-state index contributed by atoms with van der Waals surface area (Å²) in [6, 6.07) is 5.15. The van der Waals surface area contributed by atoms with Crippen molar-refractivity contribution in [3.8, 4) is 0 Å². The van der Waals surface area contributed by atoms with Gasteiger partial charge in [-0.3, -0.25) is 4.79 Å². The highest BCUT2D eigenvalue weighted by Gasteiger charge is 2.23. The van der Waals surface area contributed by atoms with Crippen molar-refractivity contribution in [2.24, 2.45) is 5.92 Å². The van der Waals surface area contributed by atoms with E-state index in [9.17, 15) is 4.79 Å². The standard InChI is InChI=1S/C11H15NO2S/c1-6(2)10(11(13)14)7-3-4-8(12)9(15)5-7/h3-6,10,15H,12H2,1-2H3,(H,13,14). The predicted molar refractivity (Wildman–Crippen MR) is 63.3 cm³/mol. The Hall–Kier alpha value is -1.16. The van der Waals surface area contributed by atoms with Crippen molar-refractivity contribution in [1.82, 2.24) is 0 Å². The lowest BCUT2D eigenvalue weighted by Crippen LogP contribution is -2.17. The lowest BCUT2D eigenvalue weighted by molar-refractivity contribution is -0.139. The van der Waals surface area contributed by atoms with Gasteiger partial charge in [0.1, 0.15) is 0 Å². The second-order valence-corrected chi connectivity index (χ2v) is 4.36. The molecule has 0 fully saturated rings. The molecule has 15 heavy (non-hydrogen) atoms. The topological polar surface area (TPSA) is 63.3 Å². The second kappa shape index (κ2) is 4.57. The smallest absolute Gasteiger partial charge is 0.311 e. The Kier molecular flexibility index (Phi) is 3.63. The van der Waals surface area contributed by atoms with Crippen LogP contribution in [-0.4, -0.2) is 11.1 Å². The van der Waals surface area contributed by atoms with E-state index in [1.165, 1.54) is 0 Å². The van der Waals surface area contributed by atoms with E-state index in [0.717, 1.165) is 5.56 Å². The number of carboxylic acid groups (broad SMARTS) is 1. The molecule has 1 rings (SSSR count). The maximum Gasteiger partial charge on any atom is 0.311 e. The minimum absolute atomic E-state index is 0.0406. The third-order valence-electron chi connectivity index (χ3n) is 2.35. The zero-order chi connectivity index (χ0) is 11.6. The van der Waals surface area contributed by atoms with Crippen molar-refractivity contribution in [1.29, 1.82) is 0 Å². The van der Waals surface area contributed by atoms with Gasteiger partial charge in [-0.05, 0) is 23.6 Å². The summed E-state index contributed by atoms with van der Waals surface area (Å²) in [4.78, 5) is 11.7. The summed E-state index contributed by atoms with van der Waals surface area (Å²) in [5.74, 6) is -1.28. The molecule has 0 spiro atoms. The Bertz CT molecular complexity index is 377. The highest BCUT2D eigenvalue weighted by atomic mass is 32.1. The molecule has 0 saturated carbocycles. The number of nitrogens with two attached hydrogens (primary N) is 1. The van der Waals surface area contributed by atoms with Crippen LogP contribution in [0.4, 0.5) is 5.69 Å². The van der Waals surface area contributed by atoms with Gasteiger partial charge in [-0.15, -0.1) is 12.6 Å². The third-order valence-corrected chi connectivity index (χ3v) is 2.73. The second-order valence-electron chi connectivity index (χ2n) is 3.88. The molecule has 0 aliphatic carbocycles. The Morgan fingerprint density at radius 2 is 2.07 bits per heavy atom. The molecular weight excluding hydrogens is 210 g/mol. The lowest BCUT2D eigenvalue weighted by atomic mass is 9.88. The number of benzene rings is 1. The van der Waals surface area contributed by atoms with Gasteiger partial charge in [0.05, 0.1) is 5.92 Å². The summed E-state index contributed by atoms with van der Waals surface area (Å²) in [6.07, 6.45) is 0. The fraction of sp³-hybridized carbons (Fsp3) is 0.364. The Morgan fingerprint density at radius 1 is 1.47 bits per heavy atom. The molecule has 0 heterocycles. The van der Waals surface area contributed by atoms with Gasteiger partial charge in [-0.1, -0.05) is 19.9 Å². The molecule has 0 bridgehead atoms. The molecule has 0 radical (unpaired) electrons. The summed E-state index contributed by atoms with van der Waals surface area (Å²) < 4.78 is 0. The third kappa shape index (κ3) is 2.65. The number of hydrogen-bond donors (Lipinski definition) is 3. The van der Waals surface area contributed by atoms with Gasteiger partial charge in [0, 0.05) is 10.6 Å². The first-order valence-corrected chi connectivity index (χ1v) is 5.19. The van der Waals surface area contributed by atoms with Crippen LogP contribution in [0.2, 0.25) is 0 Å². The minimum atomic E-state index is -0.817. The Balaban J connectivity index is 3.12. The fourth-order valence-corrected chi connectivity index (χ4v) is 1.79. The van der Waals surface area contributed by atoms with Crippen LogP contribution in [0.5, 0.6) is 0 Å². The normalized spacial score (nSPS) is 12.8. The highest BCUT2D eigenvalue weighted by molar-refractivity contribution is 7.80. The molecule has 0 aromatic heterocycles. The monoisotopic (exact) mass is 225 g/mol. The van der Waals surface area contributed by atoms with Gasteiger partial charge in [0.25, 0.3) is 0 Å². The number of anilines is 1. The van der Waals surface area contributed by atoms with Crippen molar-refractivity contribution in [3.63, 3.8) is 0 Å². The van der Waals surface area contributed by atoms with E-state index in [-0.39, 0.29) is 5.92 Å². The maximum atomic E-state index is 11.1. The first kappa shape index (κ1) is 11.9. The van der Waals surface area contributed by atoms with Crippen molar-refractivity contribution in [3.05, 3.63) is 23.8 Å². The van der Waals surface area contributed by atoms with Crippen LogP contribution in [0, 0.1) is 5.92 Å². The van der Waals surface area contributed by atoms with Gasteiger partial charge in [-0.25, -0.2) is 0 Å². The SMILES string of the molecule is CC(C)C(C(=O)O)c1ccc(N)c(S)c1. The summed E-state index contributed by atoms with van der Waals surface area (Å²) in [5, 5.41) is 9.10. The van der Waals surface area contributed by atoms with Crippen LogP contribution in [0.25, 0.3) is 0 Å². The molecule has 82 valence electrons. The largest absolute Gasteiger partial charge is 0.481 e. The highest BCUT2D eigenvalue weighted by Crippen LogP contribution is 2.28. The molecular formula is C11H15NO2S. The van der Waals surface area contributed by atoms with Crippen molar-refractivity contribution >= 4 is 24.3 Å². The van der Waals surface area contributed by atoms with Gasteiger partial charge < -0.3 is 10.8 Å². The van der Waals surface area contributed by atoms with Crippen LogP contribution in [0.1, 0.15) is 25.3 Å². The number of aliphatic carboxylic acids is 1. The summed E-state index contributed by atoms with van der Waals surface area (Å²) in [7, 11) is 0. The van der Waals surface area contributed by atoms with Crippen LogP contribution >= 0.6 is 12.6 Å². The number of carboxylic acids is 1.